The molecule has 7 nitrogen and oxygen atoms in total. The van der Waals surface area contributed by atoms with E-state index in [0.717, 1.165) is 35.0 Å². The molecule has 5 rings (SSSR count). The summed E-state index contributed by atoms with van der Waals surface area (Å²) in [5.41, 5.74) is 4.78. The van der Waals surface area contributed by atoms with Gasteiger partial charge in [-0.25, -0.2) is 13.3 Å². The molecule has 0 spiro atoms. The summed E-state index contributed by atoms with van der Waals surface area (Å²) >= 11 is 0. The number of hydrogen-bond acceptors (Lipinski definition) is 6. The highest BCUT2D eigenvalue weighted by Crippen LogP contribution is 2.31. The predicted octanol–water partition coefficient (Wildman–Crippen LogP) is 4.56. The maximum atomic E-state index is 9.08. The highest BCUT2D eigenvalue weighted by molar-refractivity contribution is 7.84. The number of ether oxygens (including phenoxy) is 2. The lowest BCUT2D eigenvalue weighted by Crippen LogP contribution is -3.05. The Hall–Kier alpha value is -3.85. The monoisotopic (exact) mass is 532 g/mol. The summed E-state index contributed by atoms with van der Waals surface area (Å²) < 4.78 is 39.8. The van der Waals surface area contributed by atoms with E-state index >= 15 is 0 Å². The van der Waals surface area contributed by atoms with Gasteiger partial charge in [0.25, 0.3) is 5.88 Å². The molecule has 1 heterocycles. The first kappa shape index (κ1) is 27.2. The number of para-hydroxylation sites is 1. The van der Waals surface area contributed by atoms with Crippen molar-refractivity contribution in [1.82, 2.24) is 0 Å². The number of benzene rings is 4. The first-order valence-electron chi connectivity index (χ1n) is 12.4. The van der Waals surface area contributed by atoms with Gasteiger partial charge in [0, 0.05) is 36.0 Å². The van der Waals surface area contributed by atoms with Gasteiger partial charge in [-0.05, 0) is 54.6 Å². The van der Waals surface area contributed by atoms with E-state index in [9.17, 15) is 0 Å². The van der Waals surface area contributed by atoms with Crippen molar-refractivity contribution in [3.05, 3.63) is 108 Å². The summed E-state index contributed by atoms with van der Waals surface area (Å²) in [6.07, 6.45) is 2.73. The standard InChI is InChI=1S/C29H28N2O2.CH4O3S/c1-21-19-26-28(20-22(21)2)33-29(15-16-30-24-11-4-3-5-12-24)31(26)17-18-32-27-14-8-10-23-9-6-7-13-25(23)27;1-5(2,3)4/h3-15,19-20,30H,16-18H2,1-2H3;1H3,(H,2,3,4). The fourth-order valence-electron chi connectivity index (χ4n) is 4.25. The van der Waals surface area contributed by atoms with Crippen LogP contribution in [0.15, 0.2) is 96.9 Å². The van der Waals surface area contributed by atoms with Crippen molar-refractivity contribution in [2.45, 2.75) is 13.8 Å². The van der Waals surface area contributed by atoms with E-state index in [1.54, 1.807) is 0 Å². The van der Waals surface area contributed by atoms with Gasteiger partial charge in [-0.1, -0.05) is 54.6 Å². The number of nitrogens with one attached hydrogen (secondary N) is 2. The van der Waals surface area contributed by atoms with Crippen molar-refractivity contribution in [2.75, 3.05) is 31.3 Å². The van der Waals surface area contributed by atoms with Crippen LogP contribution in [0.3, 0.4) is 0 Å². The quantitative estimate of drug-likeness (QED) is 0.339. The average Bonchev–Trinajstić information content (AvgIpc) is 3.20. The van der Waals surface area contributed by atoms with Crippen LogP contribution in [0.4, 0.5) is 11.4 Å². The van der Waals surface area contributed by atoms with Crippen LogP contribution in [-0.2, 0) is 10.1 Å². The Bertz CT molecular complexity index is 1520. The second-order valence-corrected chi connectivity index (χ2v) is 10.5. The normalized spacial score (nSPS) is 15.4. The first-order valence-corrected chi connectivity index (χ1v) is 14.2. The molecule has 0 radical (unpaired) electrons. The zero-order valence-electron chi connectivity index (χ0n) is 21.7. The van der Waals surface area contributed by atoms with Crippen molar-refractivity contribution < 1.29 is 27.3 Å². The van der Waals surface area contributed by atoms with E-state index in [2.05, 4.69) is 79.8 Å². The number of quaternary nitrogens is 1. The van der Waals surface area contributed by atoms with E-state index in [1.807, 2.05) is 30.3 Å². The van der Waals surface area contributed by atoms with Crippen molar-refractivity contribution in [1.29, 1.82) is 0 Å². The largest absolute Gasteiger partial charge is 0.748 e. The summed E-state index contributed by atoms with van der Waals surface area (Å²) in [4.78, 5) is 1.20. The zero-order chi connectivity index (χ0) is 27.1. The van der Waals surface area contributed by atoms with Crippen molar-refractivity contribution in [3.63, 3.8) is 0 Å². The molecule has 0 amide bonds. The lowest BCUT2D eigenvalue weighted by atomic mass is 10.1. The first-order chi connectivity index (χ1) is 18.2. The summed E-state index contributed by atoms with van der Waals surface area (Å²) in [6.45, 7) is 6.33. The Morgan fingerprint density at radius 1 is 0.947 bits per heavy atom. The van der Waals surface area contributed by atoms with E-state index in [-0.39, 0.29) is 0 Å². The molecule has 0 saturated heterocycles. The molecule has 0 bridgehead atoms. The zero-order valence-corrected chi connectivity index (χ0v) is 22.5. The van der Waals surface area contributed by atoms with Crippen LogP contribution in [-0.4, -0.2) is 38.9 Å². The molecular weight excluding hydrogens is 500 g/mol. The second kappa shape index (κ2) is 12.1. The minimum atomic E-state index is -3.92. The Kier molecular flexibility index (Phi) is 8.68. The molecule has 4 aromatic carbocycles. The molecule has 0 aromatic heterocycles. The van der Waals surface area contributed by atoms with Crippen LogP contribution in [0.1, 0.15) is 11.1 Å². The summed E-state index contributed by atoms with van der Waals surface area (Å²) in [7, 11) is -3.92. The molecule has 8 heteroatoms. The molecule has 2 N–H and O–H groups in total. The second-order valence-electron chi connectivity index (χ2n) is 9.11. The lowest BCUT2D eigenvalue weighted by Gasteiger charge is -2.15. The highest BCUT2D eigenvalue weighted by atomic mass is 32.2. The smallest absolute Gasteiger partial charge is 0.298 e. The van der Waals surface area contributed by atoms with Gasteiger partial charge < -0.3 is 19.3 Å². The Morgan fingerprint density at radius 2 is 1.61 bits per heavy atom. The molecule has 38 heavy (non-hydrogen) atoms. The predicted molar refractivity (Wildman–Crippen MR) is 150 cm³/mol. The maximum absolute atomic E-state index is 9.08. The fraction of sp³-hybridized carbons (Fsp3) is 0.200. The van der Waals surface area contributed by atoms with Gasteiger partial charge >= 0.3 is 0 Å². The number of aryl methyl sites for hydroxylation is 2. The van der Waals surface area contributed by atoms with E-state index in [0.29, 0.717) is 19.4 Å². The third-order valence-corrected chi connectivity index (χ3v) is 6.17. The molecule has 1 atom stereocenters. The van der Waals surface area contributed by atoms with Crippen molar-refractivity contribution >= 4 is 32.3 Å². The van der Waals surface area contributed by atoms with E-state index in [1.165, 1.54) is 27.1 Å². The van der Waals surface area contributed by atoms with Gasteiger partial charge in [0.2, 0.25) is 0 Å². The van der Waals surface area contributed by atoms with E-state index < -0.39 is 10.1 Å². The van der Waals surface area contributed by atoms with Gasteiger partial charge in [0.15, 0.2) is 11.4 Å². The van der Waals surface area contributed by atoms with Gasteiger partial charge in [-0.15, -0.1) is 0 Å². The molecule has 4 aromatic rings. The molecule has 1 unspecified atom stereocenters. The van der Waals surface area contributed by atoms with Crippen molar-refractivity contribution in [2.24, 2.45) is 0 Å². The van der Waals surface area contributed by atoms with Crippen molar-refractivity contribution in [3.8, 4) is 11.5 Å². The highest BCUT2D eigenvalue weighted by Gasteiger charge is 2.33. The Morgan fingerprint density at radius 3 is 2.37 bits per heavy atom. The summed E-state index contributed by atoms with van der Waals surface area (Å²) in [5, 5.41) is 5.77. The number of anilines is 1. The summed E-state index contributed by atoms with van der Waals surface area (Å²) in [6, 6.07) is 29.1. The van der Waals surface area contributed by atoms with Gasteiger partial charge in [-0.2, -0.15) is 0 Å². The molecule has 0 aliphatic carbocycles. The number of fused-ring (bicyclic) bond motifs is 2. The SMILES string of the molecule is CS(=O)(=O)[O-].Cc1cc2c(cc1C)[NH+](CCOc1cccc3ccccc13)C(=CCNc1ccccc1)O2. The van der Waals surface area contributed by atoms with Crippen LogP contribution in [0.2, 0.25) is 0 Å². The topological polar surface area (TPSA) is 92.1 Å². The van der Waals surface area contributed by atoms with Crippen LogP contribution in [0, 0.1) is 13.8 Å². The number of rotatable bonds is 7. The Balaban J connectivity index is 0.000000617. The number of hydrogen-bond donors (Lipinski definition) is 2. The third-order valence-electron chi connectivity index (χ3n) is 6.17. The molecule has 0 saturated carbocycles. The van der Waals surface area contributed by atoms with Gasteiger partial charge in [0.05, 0.1) is 10.1 Å². The minimum Gasteiger partial charge on any atom is -0.748 e. The lowest BCUT2D eigenvalue weighted by molar-refractivity contribution is -0.796. The fourth-order valence-corrected chi connectivity index (χ4v) is 4.25. The molecule has 1 aliphatic rings. The Labute approximate surface area is 224 Å². The van der Waals surface area contributed by atoms with Crippen LogP contribution in [0.25, 0.3) is 10.8 Å². The van der Waals surface area contributed by atoms with Crippen LogP contribution >= 0.6 is 0 Å². The molecule has 198 valence electrons. The van der Waals surface area contributed by atoms with Crippen LogP contribution in [0.5, 0.6) is 11.5 Å². The molecule has 0 fully saturated rings. The minimum absolute atomic E-state index is 0.586. The van der Waals surface area contributed by atoms with Gasteiger partial charge in [0.1, 0.15) is 18.9 Å². The van der Waals surface area contributed by atoms with Crippen LogP contribution < -0.4 is 19.7 Å². The molecule has 1 aliphatic heterocycles. The third kappa shape index (κ3) is 7.35. The maximum Gasteiger partial charge on any atom is 0.298 e. The van der Waals surface area contributed by atoms with Gasteiger partial charge in [-0.3, -0.25) is 0 Å². The summed E-state index contributed by atoms with van der Waals surface area (Å²) in [5.74, 6) is 2.77. The average molecular weight is 533 g/mol. The van der Waals surface area contributed by atoms with E-state index in [4.69, 9.17) is 22.4 Å². The molecular formula is C30H32N2O5S.